The molecule has 5 heteroatoms. The van der Waals surface area contributed by atoms with Crippen LogP contribution in [0.4, 0.5) is 5.69 Å². The van der Waals surface area contributed by atoms with E-state index in [1.165, 1.54) is 0 Å². The predicted octanol–water partition coefficient (Wildman–Crippen LogP) is 4.15. The first kappa shape index (κ1) is 14.0. The number of aromatic nitrogens is 3. The summed E-state index contributed by atoms with van der Waals surface area (Å²) in [5.74, 6) is 0.302. The van der Waals surface area contributed by atoms with Crippen molar-refractivity contribution in [3.63, 3.8) is 0 Å². The molecular formula is C20H16N4O. The molecule has 2 aromatic heterocycles. The Hall–Kier alpha value is -3.34. The summed E-state index contributed by atoms with van der Waals surface area (Å²) in [6.07, 6.45) is 3.79. The monoisotopic (exact) mass is 328 g/mol. The highest BCUT2D eigenvalue weighted by molar-refractivity contribution is 6.00. The molecular weight excluding hydrogens is 312 g/mol. The molecule has 0 saturated heterocycles. The third-order valence-corrected chi connectivity index (χ3v) is 4.90. The summed E-state index contributed by atoms with van der Waals surface area (Å²) in [6.45, 7) is 1.90. The fraction of sp³-hybridized carbons (Fsp3) is 0.100. The van der Waals surface area contributed by atoms with Crippen LogP contribution in [0.1, 0.15) is 22.7 Å². The van der Waals surface area contributed by atoms with E-state index < -0.39 is 0 Å². The van der Waals surface area contributed by atoms with E-state index in [-0.39, 0.29) is 6.04 Å². The van der Waals surface area contributed by atoms with Crippen LogP contribution in [0.15, 0.2) is 54.9 Å². The van der Waals surface area contributed by atoms with E-state index in [4.69, 9.17) is 0 Å². The van der Waals surface area contributed by atoms with E-state index in [2.05, 4.69) is 32.6 Å². The lowest BCUT2D eigenvalue weighted by atomic mass is 9.96. The van der Waals surface area contributed by atoms with Gasteiger partial charge in [0, 0.05) is 34.0 Å². The number of para-hydroxylation sites is 1. The van der Waals surface area contributed by atoms with Crippen molar-refractivity contribution in [1.29, 1.82) is 0 Å². The molecule has 2 aromatic carbocycles. The molecule has 0 fully saturated rings. The zero-order chi connectivity index (χ0) is 17.0. The van der Waals surface area contributed by atoms with Crippen molar-refractivity contribution in [3.05, 3.63) is 71.5 Å². The first-order valence-corrected chi connectivity index (χ1v) is 8.20. The van der Waals surface area contributed by atoms with Crippen LogP contribution in [0, 0.1) is 6.92 Å². The molecule has 0 aliphatic carbocycles. The maximum absolute atomic E-state index is 10.2. The molecule has 0 saturated carbocycles. The lowest BCUT2D eigenvalue weighted by molar-refractivity contribution is 0.470. The first-order chi connectivity index (χ1) is 12.2. The van der Waals surface area contributed by atoms with Crippen LogP contribution >= 0.6 is 0 Å². The number of rotatable bonds is 1. The van der Waals surface area contributed by atoms with Crippen LogP contribution in [-0.2, 0) is 0 Å². The molecule has 4 aromatic rings. The Morgan fingerprint density at radius 2 is 1.96 bits per heavy atom. The predicted molar refractivity (Wildman–Crippen MR) is 97.6 cm³/mol. The number of aromatic amines is 1. The van der Waals surface area contributed by atoms with Gasteiger partial charge in [-0.05, 0) is 30.2 Å². The van der Waals surface area contributed by atoms with Gasteiger partial charge in [0.2, 0.25) is 0 Å². The number of benzene rings is 2. The summed E-state index contributed by atoms with van der Waals surface area (Å²) >= 11 is 0. The first-order valence-electron chi connectivity index (χ1n) is 8.20. The van der Waals surface area contributed by atoms with E-state index in [1.54, 1.807) is 0 Å². The van der Waals surface area contributed by atoms with Gasteiger partial charge in [-0.25, -0.2) is 0 Å². The van der Waals surface area contributed by atoms with Gasteiger partial charge in [-0.1, -0.05) is 30.3 Å². The number of phenols is 1. The van der Waals surface area contributed by atoms with E-state index in [1.807, 2.05) is 49.6 Å². The number of nitrogens with zero attached hydrogens (tertiary/aromatic N) is 2. The van der Waals surface area contributed by atoms with Gasteiger partial charge in [-0.15, -0.1) is 5.10 Å². The van der Waals surface area contributed by atoms with Crippen molar-refractivity contribution in [2.24, 2.45) is 0 Å². The van der Waals surface area contributed by atoms with Crippen molar-refractivity contribution >= 4 is 16.7 Å². The third kappa shape index (κ3) is 2.02. The maximum Gasteiger partial charge on any atom is 0.160 e. The Kier molecular flexibility index (Phi) is 2.85. The lowest BCUT2D eigenvalue weighted by Gasteiger charge is -2.20. The van der Waals surface area contributed by atoms with Crippen LogP contribution in [0.3, 0.4) is 0 Å². The van der Waals surface area contributed by atoms with Gasteiger partial charge in [0.1, 0.15) is 5.75 Å². The average molecular weight is 328 g/mol. The highest BCUT2D eigenvalue weighted by Crippen LogP contribution is 2.43. The van der Waals surface area contributed by atoms with E-state index in [0.29, 0.717) is 5.75 Å². The average Bonchev–Trinajstić information content (AvgIpc) is 3.00. The van der Waals surface area contributed by atoms with Crippen molar-refractivity contribution in [1.82, 2.24) is 15.2 Å². The Balaban J connectivity index is 1.83. The minimum atomic E-state index is -0.0909. The van der Waals surface area contributed by atoms with Crippen molar-refractivity contribution in [2.75, 3.05) is 5.32 Å². The van der Waals surface area contributed by atoms with Crippen LogP contribution < -0.4 is 5.32 Å². The molecule has 122 valence electrons. The van der Waals surface area contributed by atoms with Crippen LogP contribution in [-0.4, -0.2) is 20.3 Å². The maximum atomic E-state index is 10.2. The Labute approximate surface area is 144 Å². The fourth-order valence-corrected chi connectivity index (χ4v) is 3.58. The molecule has 5 nitrogen and oxygen atoms in total. The minimum Gasteiger partial charge on any atom is -0.508 e. The summed E-state index contributed by atoms with van der Waals surface area (Å²) in [7, 11) is 0. The zero-order valence-corrected chi connectivity index (χ0v) is 13.6. The molecule has 1 atom stereocenters. The summed E-state index contributed by atoms with van der Waals surface area (Å²) in [5.41, 5.74) is 6.93. The number of nitrogens with one attached hydrogen (secondary N) is 2. The number of aromatic hydroxyl groups is 1. The van der Waals surface area contributed by atoms with Gasteiger partial charge in [0.25, 0.3) is 0 Å². The van der Waals surface area contributed by atoms with Gasteiger partial charge in [-0.3, -0.25) is 0 Å². The van der Waals surface area contributed by atoms with Crippen molar-refractivity contribution < 1.29 is 5.11 Å². The quantitative estimate of drug-likeness (QED) is 0.491. The second-order valence-electron chi connectivity index (χ2n) is 6.39. The smallest absolute Gasteiger partial charge is 0.160 e. The molecule has 0 radical (unpaired) electrons. The summed E-state index contributed by atoms with van der Waals surface area (Å²) in [5, 5.41) is 23.3. The lowest BCUT2D eigenvalue weighted by Crippen LogP contribution is -2.11. The van der Waals surface area contributed by atoms with Gasteiger partial charge >= 0.3 is 0 Å². The van der Waals surface area contributed by atoms with Gasteiger partial charge in [-0.2, -0.15) is 5.10 Å². The second kappa shape index (κ2) is 5.08. The van der Waals surface area contributed by atoms with Crippen LogP contribution in [0.5, 0.6) is 5.75 Å². The van der Waals surface area contributed by atoms with Crippen molar-refractivity contribution in [3.8, 4) is 16.9 Å². The molecule has 0 amide bonds. The molecule has 1 aliphatic rings. The largest absolute Gasteiger partial charge is 0.508 e. The van der Waals surface area contributed by atoms with Gasteiger partial charge in [0.15, 0.2) is 5.65 Å². The van der Waals surface area contributed by atoms with E-state index >= 15 is 0 Å². The van der Waals surface area contributed by atoms with Crippen LogP contribution in [0.2, 0.25) is 0 Å². The van der Waals surface area contributed by atoms with Crippen LogP contribution in [0.25, 0.3) is 22.2 Å². The second-order valence-corrected chi connectivity index (χ2v) is 6.39. The van der Waals surface area contributed by atoms with Gasteiger partial charge < -0.3 is 15.4 Å². The normalized spacial score (nSPS) is 15.5. The number of aryl methyl sites for hydroxylation is 1. The number of H-pyrrole nitrogens is 1. The SMILES string of the molecule is Cc1ccc(C2Nc3ccccc3-c3cnnc4[nH]cc2c34)cc1O. The standard InChI is InChI=1S/C20H16N4O/c1-11-6-7-12(8-17(11)25)19-15-9-21-20-18(15)14(10-22-24-20)13-4-2-3-5-16(13)23-19/h2-10,19,23,25H,1H3,(H,21,24). The topological polar surface area (TPSA) is 73.8 Å². The molecule has 0 bridgehead atoms. The minimum absolute atomic E-state index is 0.0909. The number of hydrogen-bond donors (Lipinski definition) is 3. The number of fused-ring (bicyclic) bond motifs is 2. The molecule has 1 aliphatic heterocycles. The highest BCUT2D eigenvalue weighted by Gasteiger charge is 2.26. The molecule has 0 spiro atoms. The Morgan fingerprint density at radius 1 is 1.08 bits per heavy atom. The summed E-state index contributed by atoms with van der Waals surface area (Å²) < 4.78 is 0. The fourth-order valence-electron chi connectivity index (χ4n) is 3.58. The number of anilines is 1. The Morgan fingerprint density at radius 3 is 2.84 bits per heavy atom. The summed E-state index contributed by atoms with van der Waals surface area (Å²) in [4.78, 5) is 3.23. The molecule has 1 unspecified atom stereocenters. The summed E-state index contributed by atoms with van der Waals surface area (Å²) in [6, 6.07) is 13.9. The third-order valence-electron chi connectivity index (χ3n) is 4.90. The molecule has 3 heterocycles. The van der Waals surface area contributed by atoms with E-state index in [9.17, 15) is 5.11 Å². The molecule has 25 heavy (non-hydrogen) atoms. The zero-order valence-electron chi connectivity index (χ0n) is 13.6. The molecule has 5 rings (SSSR count). The Bertz CT molecular complexity index is 1120. The highest BCUT2D eigenvalue weighted by atomic mass is 16.3. The number of hydrogen-bond acceptors (Lipinski definition) is 4. The van der Waals surface area contributed by atoms with E-state index in [0.717, 1.165) is 44.5 Å². The molecule has 3 N–H and O–H groups in total. The van der Waals surface area contributed by atoms with Crippen molar-refractivity contribution in [2.45, 2.75) is 13.0 Å². The number of phenolic OH excluding ortho intramolecular Hbond substituents is 1. The van der Waals surface area contributed by atoms with Gasteiger partial charge in [0.05, 0.1) is 12.2 Å².